The van der Waals surface area contributed by atoms with Crippen molar-refractivity contribution in [2.24, 2.45) is 0 Å². The minimum atomic E-state index is -0.519. The Hall–Kier alpha value is -1.42. The van der Waals surface area contributed by atoms with Gasteiger partial charge in [0.05, 0.1) is 18.4 Å². The number of aliphatic hydroxyl groups is 1. The largest absolute Gasteiger partial charge is 0.495 e. The summed E-state index contributed by atoms with van der Waals surface area (Å²) in [6.07, 6.45) is 2.88. The second-order valence-electron chi connectivity index (χ2n) is 4.39. The molecule has 4 heteroatoms. The molecule has 0 bridgehead atoms. The van der Waals surface area contributed by atoms with E-state index in [1.165, 1.54) is 0 Å². The van der Waals surface area contributed by atoms with Gasteiger partial charge in [0, 0.05) is 18.3 Å². The van der Waals surface area contributed by atoms with Crippen LogP contribution in [0.2, 0.25) is 0 Å². The van der Waals surface area contributed by atoms with E-state index in [0.29, 0.717) is 18.0 Å². The van der Waals surface area contributed by atoms with Crippen LogP contribution < -0.4 is 15.8 Å². The fourth-order valence-corrected chi connectivity index (χ4v) is 1.85. The van der Waals surface area contributed by atoms with Gasteiger partial charge in [0.1, 0.15) is 5.75 Å². The van der Waals surface area contributed by atoms with E-state index >= 15 is 0 Å². The molecule has 0 radical (unpaired) electrons. The van der Waals surface area contributed by atoms with Gasteiger partial charge < -0.3 is 20.9 Å². The third kappa shape index (κ3) is 2.22. The molecule has 1 saturated carbocycles. The smallest absolute Gasteiger partial charge is 0.143 e. The first-order chi connectivity index (χ1) is 7.63. The molecule has 1 aliphatic carbocycles. The van der Waals surface area contributed by atoms with E-state index in [-0.39, 0.29) is 0 Å². The average molecular weight is 222 g/mol. The van der Waals surface area contributed by atoms with Crippen LogP contribution in [0.15, 0.2) is 18.2 Å². The van der Waals surface area contributed by atoms with Crippen LogP contribution >= 0.6 is 0 Å². The Kier molecular flexibility index (Phi) is 2.92. The Bertz CT molecular complexity index is 375. The quantitative estimate of drug-likeness (QED) is 0.677. The minimum Gasteiger partial charge on any atom is -0.495 e. The zero-order chi connectivity index (χ0) is 11.6. The summed E-state index contributed by atoms with van der Waals surface area (Å²) >= 11 is 0. The summed E-state index contributed by atoms with van der Waals surface area (Å²) in [4.78, 5) is 0. The van der Waals surface area contributed by atoms with Crippen molar-refractivity contribution in [2.45, 2.75) is 24.9 Å². The Morgan fingerprint density at radius 3 is 2.81 bits per heavy atom. The van der Waals surface area contributed by atoms with Gasteiger partial charge in [-0.15, -0.1) is 0 Å². The fraction of sp³-hybridized carbons (Fsp3) is 0.500. The third-order valence-corrected chi connectivity index (χ3v) is 3.14. The van der Waals surface area contributed by atoms with E-state index in [1.807, 2.05) is 12.1 Å². The fourth-order valence-electron chi connectivity index (χ4n) is 1.85. The predicted octanol–water partition coefficient (Wildman–Crippen LogP) is 1.60. The van der Waals surface area contributed by atoms with E-state index in [0.717, 1.165) is 24.9 Å². The van der Waals surface area contributed by atoms with Crippen molar-refractivity contribution in [3.8, 4) is 5.75 Å². The molecule has 0 spiro atoms. The van der Waals surface area contributed by atoms with Crippen LogP contribution in [-0.4, -0.2) is 24.4 Å². The maximum Gasteiger partial charge on any atom is 0.143 e. The summed E-state index contributed by atoms with van der Waals surface area (Å²) in [5.41, 5.74) is 6.74. The highest BCUT2D eigenvalue weighted by atomic mass is 16.5. The van der Waals surface area contributed by atoms with E-state index in [2.05, 4.69) is 5.32 Å². The summed E-state index contributed by atoms with van der Waals surface area (Å²) in [6, 6.07) is 5.53. The van der Waals surface area contributed by atoms with Crippen molar-refractivity contribution < 1.29 is 9.84 Å². The van der Waals surface area contributed by atoms with Crippen LogP contribution in [0.3, 0.4) is 0 Å². The SMILES string of the molecule is COc1cc(NCC2(O)CCC2)ccc1N. The molecule has 16 heavy (non-hydrogen) atoms. The van der Waals surface area contributed by atoms with Crippen LogP contribution in [-0.2, 0) is 0 Å². The second-order valence-corrected chi connectivity index (χ2v) is 4.39. The zero-order valence-electron chi connectivity index (χ0n) is 9.49. The van der Waals surface area contributed by atoms with Crippen molar-refractivity contribution in [1.29, 1.82) is 0 Å². The maximum absolute atomic E-state index is 9.93. The Labute approximate surface area is 95.4 Å². The van der Waals surface area contributed by atoms with Gasteiger partial charge >= 0.3 is 0 Å². The van der Waals surface area contributed by atoms with E-state index in [1.54, 1.807) is 13.2 Å². The number of methoxy groups -OCH3 is 1. The highest BCUT2D eigenvalue weighted by Crippen LogP contribution is 2.32. The van der Waals surface area contributed by atoms with Crippen molar-refractivity contribution in [3.05, 3.63) is 18.2 Å². The highest BCUT2D eigenvalue weighted by Gasteiger charge is 2.33. The standard InChI is InChI=1S/C12H18N2O2/c1-16-11-7-9(3-4-10(11)13)14-8-12(15)5-2-6-12/h3-4,7,14-15H,2,5-6,8,13H2,1H3. The number of ether oxygens (including phenoxy) is 1. The molecule has 1 aromatic rings. The van der Waals surface area contributed by atoms with Gasteiger partial charge in [-0.25, -0.2) is 0 Å². The van der Waals surface area contributed by atoms with Crippen LogP contribution in [0.4, 0.5) is 11.4 Å². The first-order valence-electron chi connectivity index (χ1n) is 5.53. The number of anilines is 2. The number of nitrogens with one attached hydrogen (secondary N) is 1. The molecule has 4 nitrogen and oxygen atoms in total. The number of nitrogens with two attached hydrogens (primary N) is 1. The molecule has 0 amide bonds. The molecule has 2 rings (SSSR count). The lowest BCUT2D eigenvalue weighted by Crippen LogP contribution is -2.43. The lowest BCUT2D eigenvalue weighted by molar-refractivity contribution is -0.0202. The first kappa shape index (κ1) is 11.1. The van der Waals surface area contributed by atoms with Crippen molar-refractivity contribution in [2.75, 3.05) is 24.7 Å². The van der Waals surface area contributed by atoms with Crippen molar-refractivity contribution in [3.63, 3.8) is 0 Å². The van der Waals surface area contributed by atoms with Crippen LogP contribution in [0.1, 0.15) is 19.3 Å². The Morgan fingerprint density at radius 2 is 2.25 bits per heavy atom. The third-order valence-electron chi connectivity index (χ3n) is 3.14. The average Bonchev–Trinajstić information content (AvgIpc) is 2.25. The van der Waals surface area contributed by atoms with Gasteiger partial charge in [-0.2, -0.15) is 0 Å². The zero-order valence-corrected chi connectivity index (χ0v) is 9.49. The van der Waals surface area contributed by atoms with E-state index in [9.17, 15) is 5.11 Å². The topological polar surface area (TPSA) is 67.5 Å². The molecular formula is C12H18N2O2. The number of nitrogen functional groups attached to an aromatic ring is 1. The Balaban J connectivity index is 1.98. The summed E-state index contributed by atoms with van der Waals surface area (Å²) in [6.45, 7) is 0.583. The number of rotatable bonds is 4. The molecule has 1 aromatic carbocycles. The molecule has 0 atom stereocenters. The summed E-state index contributed by atoms with van der Waals surface area (Å²) < 4.78 is 5.13. The molecule has 0 aromatic heterocycles. The molecule has 0 saturated heterocycles. The second kappa shape index (κ2) is 4.22. The van der Waals surface area contributed by atoms with Gasteiger partial charge in [0.25, 0.3) is 0 Å². The van der Waals surface area contributed by atoms with Gasteiger partial charge in [-0.1, -0.05) is 0 Å². The maximum atomic E-state index is 9.93. The predicted molar refractivity (Wildman–Crippen MR) is 64.7 cm³/mol. The number of hydrogen-bond donors (Lipinski definition) is 3. The molecule has 0 unspecified atom stereocenters. The van der Waals surface area contributed by atoms with Gasteiger partial charge in [0.15, 0.2) is 0 Å². The monoisotopic (exact) mass is 222 g/mol. The van der Waals surface area contributed by atoms with Gasteiger partial charge in [0.2, 0.25) is 0 Å². The van der Waals surface area contributed by atoms with E-state index in [4.69, 9.17) is 10.5 Å². The van der Waals surface area contributed by atoms with Gasteiger partial charge in [-0.05, 0) is 31.4 Å². The molecular weight excluding hydrogens is 204 g/mol. The lowest BCUT2D eigenvalue weighted by atomic mass is 9.80. The highest BCUT2D eigenvalue weighted by molar-refractivity contribution is 5.61. The first-order valence-corrected chi connectivity index (χ1v) is 5.53. The van der Waals surface area contributed by atoms with Crippen LogP contribution in [0.5, 0.6) is 5.75 Å². The molecule has 1 fully saturated rings. The summed E-state index contributed by atoms with van der Waals surface area (Å²) in [5.74, 6) is 0.658. The normalized spacial score (nSPS) is 17.6. The molecule has 0 heterocycles. The minimum absolute atomic E-state index is 0.519. The number of hydrogen-bond acceptors (Lipinski definition) is 4. The molecule has 1 aliphatic rings. The molecule has 88 valence electrons. The van der Waals surface area contributed by atoms with Crippen molar-refractivity contribution >= 4 is 11.4 Å². The van der Waals surface area contributed by atoms with E-state index < -0.39 is 5.60 Å². The number of benzene rings is 1. The summed E-state index contributed by atoms with van der Waals surface area (Å²) in [5, 5.41) is 13.1. The Morgan fingerprint density at radius 1 is 1.50 bits per heavy atom. The summed E-state index contributed by atoms with van der Waals surface area (Å²) in [7, 11) is 1.59. The van der Waals surface area contributed by atoms with Crippen LogP contribution in [0.25, 0.3) is 0 Å². The van der Waals surface area contributed by atoms with Crippen molar-refractivity contribution in [1.82, 2.24) is 0 Å². The lowest BCUT2D eigenvalue weighted by Gasteiger charge is -2.36. The van der Waals surface area contributed by atoms with Gasteiger partial charge in [-0.3, -0.25) is 0 Å². The molecule has 0 aliphatic heterocycles. The van der Waals surface area contributed by atoms with Crippen LogP contribution in [0, 0.1) is 0 Å². The molecule has 4 N–H and O–H groups in total.